The zero-order valence-corrected chi connectivity index (χ0v) is 15.2. The summed E-state index contributed by atoms with van der Waals surface area (Å²) in [5, 5.41) is 5.67. The molecule has 1 N–H and O–H groups in total. The number of thioether (sulfide) groups is 1. The lowest BCUT2D eigenvalue weighted by atomic mass is 10.2. The highest BCUT2D eigenvalue weighted by atomic mass is 79.9. The number of hydrogen-bond acceptors (Lipinski definition) is 3. The zero-order chi connectivity index (χ0) is 15.1. The number of halogens is 2. The van der Waals surface area contributed by atoms with Crippen molar-refractivity contribution in [3.8, 4) is 0 Å². The number of hydrogen-bond donors (Lipinski definition) is 1. The maximum atomic E-state index is 13.7. The van der Waals surface area contributed by atoms with E-state index in [-0.39, 0.29) is 5.82 Å². The Balaban J connectivity index is 1.94. The van der Waals surface area contributed by atoms with Gasteiger partial charge < -0.3 is 5.32 Å². The third-order valence-corrected chi connectivity index (χ3v) is 5.96. The first-order valence-corrected chi connectivity index (χ1v) is 9.68. The van der Waals surface area contributed by atoms with Crippen LogP contribution in [0.4, 0.5) is 4.39 Å². The topological polar surface area (TPSA) is 12.0 Å². The lowest BCUT2D eigenvalue weighted by molar-refractivity contribution is 0.552. The van der Waals surface area contributed by atoms with Gasteiger partial charge in [0.05, 0.1) is 0 Å². The SMILES string of the molecule is CCCNC(CSc1ccccc1F)Cc1cc(Br)cs1. The summed E-state index contributed by atoms with van der Waals surface area (Å²) in [5.41, 5.74) is 0. The Kier molecular flexibility index (Phi) is 7.23. The van der Waals surface area contributed by atoms with E-state index in [4.69, 9.17) is 0 Å². The molecule has 0 spiro atoms. The summed E-state index contributed by atoms with van der Waals surface area (Å²) in [5.74, 6) is 0.742. The number of thiophene rings is 1. The minimum atomic E-state index is -0.129. The van der Waals surface area contributed by atoms with Crippen LogP contribution in [0.2, 0.25) is 0 Å². The minimum Gasteiger partial charge on any atom is -0.313 e. The van der Waals surface area contributed by atoms with Gasteiger partial charge in [0.1, 0.15) is 5.82 Å². The van der Waals surface area contributed by atoms with Crippen LogP contribution in [0, 0.1) is 5.82 Å². The first-order valence-electron chi connectivity index (χ1n) is 7.02. The molecular formula is C16H19BrFNS2. The molecule has 0 aliphatic rings. The molecule has 0 aliphatic heterocycles. The molecule has 0 amide bonds. The van der Waals surface area contributed by atoms with Gasteiger partial charge in [0.2, 0.25) is 0 Å². The first-order chi connectivity index (χ1) is 10.2. The third-order valence-electron chi connectivity index (χ3n) is 3.03. The molecule has 21 heavy (non-hydrogen) atoms. The van der Waals surface area contributed by atoms with Crippen molar-refractivity contribution < 1.29 is 4.39 Å². The van der Waals surface area contributed by atoms with Crippen molar-refractivity contribution in [1.82, 2.24) is 5.32 Å². The van der Waals surface area contributed by atoms with Gasteiger partial charge in [-0.1, -0.05) is 19.1 Å². The normalized spacial score (nSPS) is 12.5. The fraction of sp³-hybridized carbons (Fsp3) is 0.375. The predicted molar refractivity (Wildman–Crippen MR) is 94.9 cm³/mol. The maximum absolute atomic E-state index is 13.7. The van der Waals surface area contributed by atoms with Crippen LogP contribution in [0.5, 0.6) is 0 Å². The van der Waals surface area contributed by atoms with Gasteiger partial charge in [-0.3, -0.25) is 0 Å². The van der Waals surface area contributed by atoms with Gasteiger partial charge in [-0.05, 0) is 53.5 Å². The molecule has 0 saturated heterocycles. The van der Waals surface area contributed by atoms with Crippen LogP contribution in [0.15, 0.2) is 45.1 Å². The second-order valence-corrected chi connectivity index (χ2v) is 7.80. The van der Waals surface area contributed by atoms with Gasteiger partial charge in [0.25, 0.3) is 0 Å². The average molecular weight is 388 g/mol. The Bertz CT molecular complexity index is 559. The van der Waals surface area contributed by atoms with Crippen molar-refractivity contribution in [2.75, 3.05) is 12.3 Å². The summed E-state index contributed by atoms with van der Waals surface area (Å²) in [6.07, 6.45) is 2.09. The van der Waals surface area contributed by atoms with Gasteiger partial charge in [-0.25, -0.2) is 4.39 Å². The lowest BCUT2D eigenvalue weighted by Gasteiger charge is -2.17. The molecule has 1 aromatic carbocycles. The standard InChI is InChI=1S/C16H19BrFNS2/c1-2-7-19-13(9-14-8-12(17)10-20-14)11-21-16-6-4-3-5-15(16)18/h3-6,8,10,13,19H,2,7,9,11H2,1H3. The van der Waals surface area contributed by atoms with Crippen LogP contribution < -0.4 is 5.32 Å². The monoisotopic (exact) mass is 387 g/mol. The fourth-order valence-corrected chi connectivity index (χ4v) is 4.52. The van der Waals surface area contributed by atoms with Gasteiger partial charge in [0, 0.05) is 31.4 Å². The molecule has 2 rings (SSSR count). The highest BCUT2D eigenvalue weighted by Gasteiger charge is 2.12. The number of benzene rings is 1. The molecule has 0 radical (unpaired) electrons. The van der Waals surface area contributed by atoms with E-state index >= 15 is 0 Å². The van der Waals surface area contributed by atoms with E-state index < -0.39 is 0 Å². The second kappa shape index (κ2) is 8.93. The van der Waals surface area contributed by atoms with E-state index in [1.54, 1.807) is 29.2 Å². The van der Waals surface area contributed by atoms with E-state index in [1.165, 1.54) is 10.9 Å². The Morgan fingerprint density at radius 3 is 2.86 bits per heavy atom. The molecule has 1 nitrogen and oxygen atoms in total. The van der Waals surface area contributed by atoms with Crippen molar-refractivity contribution >= 4 is 39.0 Å². The average Bonchev–Trinajstić information content (AvgIpc) is 2.88. The van der Waals surface area contributed by atoms with Gasteiger partial charge in [0.15, 0.2) is 0 Å². The second-order valence-electron chi connectivity index (χ2n) is 4.83. The molecule has 1 atom stereocenters. The highest BCUT2D eigenvalue weighted by Crippen LogP contribution is 2.25. The van der Waals surface area contributed by atoms with Gasteiger partial charge in [-0.15, -0.1) is 23.1 Å². The Morgan fingerprint density at radius 1 is 1.38 bits per heavy atom. The van der Waals surface area contributed by atoms with Crippen molar-refractivity contribution in [3.05, 3.63) is 50.9 Å². The number of rotatable bonds is 8. The molecule has 0 bridgehead atoms. The first kappa shape index (κ1) is 17.0. The van der Waals surface area contributed by atoms with E-state index in [0.29, 0.717) is 6.04 Å². The smallest absolute Gasteiger partial charge is 0.136 e. The Labute approximate surface area is 142 Å². The summed E-state index contributed by atoms with van der Waals surface area (Å²) in [7, 11) is 0. The third kappa shape index (κ3) is 5.74. The van der Waals surface area contributed by atoms with Crippen molar-refractivity contribution in [3.63, 3.8) is 0 Å². The quantitative estimate of drug-likeness (QED) is 0.612. The van der Waals surface area contributed by atoms with Crippen LogP contribution in [-0.4, -0.2) is 18.3 Å². The summed E-state index contributed by atoms with van der Waals surface area (Å²) < 4.78 is 14.8. The summed E-state index contributed by atoms with van der Waals surface area (Å²) in [6, 6.07) is 9.51. The van der Waals surface area contributed by atoms with E-state index in [9.17, 15) is 4.39 Å². The molecule has 1 heterocycles. The van der Waals surface area contributed by atoms with Crippen LogP contribution in [0.3, 0.4) is 0 Å². The summed E-state index contributed by atoms with van der Waals surface area (Å²) in [6.45, 7) is 3.16. The minimum absolute atomic E-state index is 0.129. The van der Waals surface area contributed by atoms with Gasteiger partial charge >= 0.3 is 0 Å². The zero-order valence-electron chi connectivity index (χ0n) is 11.9. The van der Waals surface area contributed by atoms with E-state index in [0.717, 1.165) is 34.5 Å². The maximum Gasteiger partial charge on any atom is 0.136 e. The van der Waals surface area contributed by atoms with Crippen molar-refractivity contribution in [1.29, 1.82) is 0 Å². The van der Waals surface area contributed by atoms with Crippen LogP contribution in [0.1, 0.15) is 18.2 Å². The Morgan fingerprint density at radius 2 is 2.19 bits per heavy atom. The molecular weight excluding hydrogens is 369 g/mol. The largest absolute Gasteiger partial charge is 0.313 e. The molecule has 0 aliphatic carbocycles. The molecule has 0 fully saturated rings. The number of nitrogens with one attached hydrogen (secondary N) is 1. The van der Waals surface area contributed by atoms with E-state index in [1.807, 2.05) is 12.1 Å². The van der Waals surface area contributed by atoms with Crippen LogP contribution >= 0.6 is 39.0 Å². The highest BCUT2D eigenvalue weighted by molar-refractivity contribution is 9.10. The molecule has 0 saturated carbocycles. The van der Waals surface area contributed by atoms with Gasteiger partial charge in [-0.2, -0.15) is 0 Å². The molecule has 5 heteroatoms. The van der Waals surface area contributed by atoms with Crippen molar-refractivity contribution in [2.45, 2.75) is 30.7 Å². The molecule has 1 unspecified atom stereocenters. The fourth-order valence-electron chi connectivity index (χ4n) is 1.99. The lowest BCUT2D eigenvalue weighted by Crippen LogP contribution is -2.33. The van der Waals surface area contributed by atoms with Crippen LogP contribution in [0.25, 0.3) is 0 Å². The summed E-state index contributed by atoms with van der Waals surface area (Å²) in [4.78, 5) is 2.08. The summed E-state index contributed by atoms with van der Waals surface area (Å²) >= 11 is 6.85. The van der Waals surface area contributed by atoms with Crippen LogP contribution in [-0.2, 0) is 6.42 Å². The van der Waals surface area contributed by atoms with E-state index in [2.05, 4.69) is 39.6 Å². The molecule has 114 valence electrons. The predicted octanol–water partition coefficient (Wildman–Crippen LogP) is 5.35. The molecule has 2 aromatic rings. The molecule has 1 aromatic heterocycles. The Hall–Kier alpha value is -0.360. The van der Waals surface area contributed by atoms with Crippen molar-refractivity contribution in [2.24, 2.45) is 0 Å².